The number of amides is 1. The van der Waals surface area contributed by atoms with Crippen LogP contribution in [0, 0.1) is 6.92 Å². The fourth-order valence-corrected chi connectivity index (χ4v) is 3.39. The number of nitrogens with zero attached hydrogens (tertiary/aromatic N) is 6. The smallest absolute Gasteiger partial charge is 0.253 e. The van der Waals surface area contributed by atoms with Gasteiger partial charge in [-0.3, -0.25) is 14.2 Å². The number of carbonyl (C=O) groups is 2. The fourth-order valence-electron chi connectivity index (χ4n) is 3.39. The minimum atomic E-state index is -0.0160. The predicted octanol–water partition coefficient (Wildman–Crippen LogP) is 2.14. The Kier molecular flexibility index (Phi) is 5.07. The number of hydrogen-bond acceptors (Lipinski definition) is 6. The van der Waals surface area contributed by atoms with E-state index in [4.69, 9.17) is 0 Å². The van der Waals surface area contributed by atoms with Gasteiger partial charge in [0.1, 0.15) is 23.8 Å². The number of Topliss-reactive ketones (excluding diaryl/α,β-unsaturated/α-hetero) is 1. The summed E-state index contributed by atoms with van der Waals surface area (Å²) < 4.78 is 1.85. The topological polar surface area (TPSA) is 84.2 Å². The number of rotatable bonds is 4. The van der Waals surface area contributed by atoms with Crippen molar-refractivity contribution < 1.29 is 9.59 Å². The van der Waals surface area contributed by atoms with Gasteiger partial charge in [0.15, 0.2) is 5.78 Å². The maximum atomic E-state index is 12.8. The van der Waals surface area contributed by atoms with Crippen molar-refractivity contribution in [3.63, 3.8) is 0 Å². The first-order chi connectivity index (χ1) is 14.0. The molecule has 2 aromatic heterocycles. The van der Waals surface area contributed by atoms with Gasteiger partial charge in [0.2, 0.25) is 0 Å². The third-order valence-electron chi connectivity index (χ3n) is 5.01. The molecule has 0 aliphatic carbocycles. The lowest BCUT2D eigenvalue weighted by atomic mass is 10.1. The predicted molar refractivity (Wildman–Crippen MR) is 108 cm³/mol. The van der Waals surface area contributed by atoms with Crippen LogP contribution in [-0.4, -0.2) is 62.3 Å². The molecular weight excluding hydrogens is 368 g/mol. The highest BCUT2D eigenvalue weighted by atomic mass is 16.2. The normalized spacial score (nSPS) is 14.1. The average Bonchev–Trinajstić information content (AvgIpc) is 3.28. The lowest BCUT2D eigenvalue weighted by molar-refractivity contribution is 0.0746. The van der Waals surface area contributed by atoms with E-state index >= 15 is 0 Å². The first-order valence-electron chi connectivity index (χ1n) is 9.50. The molecule has 1 amide bonds. The molecule has 148 valence electrons. The van der Waals surface area contributed by atoms with Crippen molar-refractivity contribution in [1.82, 2.24) is 24.4 Å². The van der Waals surface area contributed by atoms with Gasteiger partial charge in [-0.1, -0.05) is 12.1 Å². The Hall–Kier alpha value is -3.55. The van der Waals surface area contributed by atoms with Crippen LogP contribution in [-0.2, 0) is 0 Å². The molecule has 29 heavy (non-hydrogen) atoms. The van der Waals surface area contributed by atoms with Gasteiger partial charge >= 0.3 is 0 Å². The molecule has 8 nitrogen and oxygen atoms in total. The van der Waals surface area contributed by atoms with Crippen LogP contribution in [0.4, 0.5) is 5.82 Å². The molecule has 0 bridgehead atoms. The summed E-state index contributed by atoms with van der Waals surface area (Å²) in [4.78, 5) is 41.3. The van der Waals surface area contributed by atoms with Gasteiger partial charge in [-0.15, -0.1) is 0 Å². The van der Waals surface area contributed by atoms with E-state index < -0.39 is 0 Å². The molecule has 0 atom stereocenters. The molecule has 0 spiro atoms. The minimum Gasteiger partial charge on any atom is -0.353 e. The van der Waals surface area contributed by atoms with Crippen molar-refractivity contribution >= 4 is 17.5 Å². The number of carbonyl (C=O) groups excluding carboxylic acids is 2. The summed E-state index contributed by atoms with van der Waals surface area (Å²) in [6.07, 6.45) is 5.27. The molecular formula is C21H22N6O2. The van der Waals surface area contributed by atoms with Crippen LogP contribution in [0.25, 0.3) is 5.82 Å². The number of piperazine rings is 1. The Balaban J connectivity index is 1.44. The largest absolute Gasteiger partial charge is 0.353 e. The molecule has 1 saturated heterocycles. The van der Waals surface area contributed by atoms with E-state index in [0.29, 0.717) is 43.1 Å². The van der Waals surface area contributed by atoms with Crippen LogP contribution >= 0.6 is 0 Å². The quantitative estimate of drug-likeness (QED) is 0.635. The Morgan fingerprint density at radius 3 is 2.21 bits per heavy atom. The molecule has 3 heterocycles. The summed E-state index contributed by atoms with van der Waals surface area (Å²) in [5.74, 6) is 2.29. The Labute approximate surface area is 168 Å². The highest BCUT2D eigenvalue weighted by molar-refractivity contribution is 5.97. The van der Waals surface area contributed by atoms with Crippen molar-refractivity contribution in [3.8, 4) is 5.82 Å². The molecule has 0 radical (unpaired) electrons. The lowest BCUT2D eigenvalue weighted by Crippen LogP contribution is -2.49. The average molecular weight is 390 g/mol. The Morgan fingerprint density at radius 1 is 0.931 bits per heavy atom. The SMILES string of the molecule is CC(=O)c1ccc(C(=O)N2CCN(c3cc(-n4ccnc4)nc(C)n3)CC2)cc1. The molecule has 0 N–H and O–H groups in total. The van der Waals surface area contributed by atoms with Crippen molar-refractivity contribution in [1.29, 1.82) is 0 Å². The van der Waals surface area contributed by atoms with Crippen LogP contribution in [0.15, 0.2) is 49.1 Å². The van der Waals surface area contributed by atoms with E-state index in [1.165, 1.54) is 6.92 Å². The van der Waals surface area contributed by atoms with Crippen LogP contribution in [0.2, 0.25) is 0 Å². The van der Waals surface area contributed by atoms with E-state index in [9.17, 15) is 9.59 Å². The van der Waals surface area contributed by atoms with Gasteiger partial charge in [0.05, 0.1) is 0 Å². The number of imidazole rings is 1. The third kappa shape index (κ3) is 4.01. The maximum Gasteiger partial charge on any atom is 0.253 e. The zero-order valence-corrected chi connectivity index (χ0v) is 16.4. The molecule has 3 aromatic rings. The molecule has 8 heteroatoms. The van der Waals surface area contributed by atoms with Gasteiger partial charge < -0.3 is 9.80 Å². The van der Waals surface area contributed by atoms with Crippen molar-refractivity contribution in [2.45, 2.75) is 13.8 Å². The van der Waals surface area contributed by atoms with E-state index in [-0.39, 0.29) is 11.7 Å². The van der Waals surface area contributed by atoms with Gasteiger partial charge in [-0.05, 0) is 26.0 Å². The van der Waals surface area contributed by atoms with Crippen LogP contribution in [0.1, 0.15) is 33.5 Å². The summed E-state index contributed by atoms with van der Waals surface area (Å²) in [5.41, 5.74) is 1.21. The highest BCUT2D eigenvalue weighted by Crippen LogP contribution is 2.18. The molecule has 1 aliphatic heterocycles. The first-order valence-corrected chi connectivity index (χ1v) is 9.50. The summed E-state index contributed by atoms with van der Waals surface area (Å²) in [7, 11) is 0. The first kappa shape index (κ1) is 18.8. The van der Waals surface area contributed by atoms with Crippen molar-refractivity contribution in [3.05, 3.63) is 66.0 Å². The van der Waals surface area contributed by atoms with Crippen LogP contribution in [0.5, 0.6) is 0 Å². The number of benzene rings is 1. The van der Waals surface area contributed by atoms with Crippen LogP contribution in [0.3, 0.4) is 0 Å². The number of anilines is 1. The van der Waals surface area contributed by atoms with Gasteiger partial charge in [0, 0.05) is 55.8 Å². The fraction of sp³-hybridized carbons (Fsp3) is 0.286. The summed E-state index contributed by atoms with van der Waals surface area (Å²) in [5, 5.41) is 0. The number of aromatic nitrogens is 4. The second kappa shape index (κ2) is 7.83. The zero-order valence-electron chi connectivity index (χ0n) is 16.4. The summed E-state index contributed by atoms with van der Waals surface area (Å²) in [6, 6.07) is 8.78. The second-order valence-electron chi connectivity index (χ2n) is 7.01. The number of ketones is 1. The second-order valence-corrected chi connectivity index (χ2v) is 7.01. The van der Waals surface area contributed by atoms with E-state index in [1.807, 2.05) is 28.7 Å². The molecule has 0 unspecified atom stereocenters. The number of aryl methyl sites for hydroxylation is 1. The highest BCUT2D eigenvalue weighted by Gasteiger charge is 2.23. The van der Waals surface area contributed by atoms with Crippen molar-refractivity contribution in [2.75, 3.05) is 31.1 Å². The lowest BCUT2D eigenvalue weighted by Gasteiger charge is -2.35. The monoisotopic (exact) mass is 390 g/mol. The maximum absolute atomic E-state index is 12.8. The van der Waals surface area contributed by atoms with Gasteiger partial charge in [-0.2, -0.15) is 0 Å². The van der Waals surface area contributed by atoms with Crippen LogP contribution < -0.4 is 4.90 Å². The van der Waals surface area contributed by atoms with E-state index in [2.05, 4.69) is 19.9 Å². The molecule has 1 aromatic carbocycles. The Bertz CT molecular complexity index is 1020. The summed E-state index contributed by atoms with van der Waals surface area (Å²) >= 11 is 0. The van der Waals surface area contributed by atoms with Gasteiger partial charge in [-0.25, -0.2) is 15.0 Å². The van der Waals surface area contributed by atoms with E-state index in [1.54, 1.807) is 36.8 Å². The standard InChI is InChI=1S/C21H22N6O2/c1-15(28)17-3-5-18(6-4-17)21(29)26-11-9-25(10-12-26)19-13-20(24-16(2)23-19)27-8-7-22-14-27/h3-8,13-14H,9-12H2,1-2H3. The number of hydrogen-bond donors (Lipinski definition) is 0. The summed E-state index contributed by atoms with van der Waals surface area (Å²) in [6.45, 7) is 5.99. The van der Waals surface area contributed by atoms with Crippen molar-refractivity contribution in [2.24, 2.45) is 0 Å². The molecule has 0 saturated carbocycles. The molecule has 4 rings (SSSR count). The minimum absolute atomic E-state index is 0.00665. The van der Waals surface area contributed by atoms with Gasteiger partial charge in [0.25, 0.3) is 5.91 Å². The molecule has 1 fully saturated rings. The molecule has 1 aliphatic rings. The third-order valence-corrected chi connectivity index (χ3v) is 5.01. The zero-order chi connectivity index (χ0) is 20.4. The van der Waals surface area contributed by atoms with E-state index in [0.717, 1.165) is 11.6 Å². The Morgan fingerprint density at radius 2 is 1.59 bits per heavy atom.